The second-order valence-electron chi connectivity index (χ2n) is 6.27. The number of nitrogens with zero attached hydrogens (tertiary/aromatic N) is 2. The fourth-order valence-corrected chi connectivity index (χ4v) is 3.99. The molecule has 1 aliphatic heterocycles. The van der Waals surface area contributed by atoms with E-state index in [2.05, 4.69) is 11.6 Å². The highest BCUT2D eigenvalue weighted by Crippen LogP contribution is 2.35. The average molecular weight is 396 g/mol. The fraction of sp³-hybridized carbons (Fsp3) is 0.238. The Labute approximate surface area is 166 Å². The first kappa shape index (κ1) is 18.3. The molecule has 0 saturated heterocycles. The number of benzene rings is 2. The smallest absolute Gasteiger partial charge is 0.289 e. The van der Waals surface area contributed by atoms with Crippen molar-refractivity contribution in [1.29, 1.82) is 0 Å². The van der Waals surface area contributed by atoms with Crippen LogP contribution in [-0.4, -0.2) is 29.8 Å². The van der Waals surface area contributed by atoms with Gasteiger partial charge in [0.1, 0.15) is 19.0 Å². The predicted molar refractivity (Wildman–Crippen MR) is 108 cm³/mol. The molecule has 0 N–H and O–H groups in total. The quantitative estimate of drug-likeness (QED) is 0.619. The molecule has 6 nitrogen and oxygen atoms in total. The number of fused-ring (bicyclic) bond motifs is 2. The maximum Gasteiger partial charge on any atom is 0.289 e. The Morgan fingerprint density at radius 3 is 2.71 bits per heavy atom. The maximum absolute atomic E-state index is 12.6. The molecule has 0 saturated carbocycles. The summed E-state index contributed by atoms with van der Waals surface area (Å²) in [6, 6.07) is 13.1. The number of ether oxygens (including phenoxy) is 3. The molecule has 2 heterocycles. The highest BCUT2D eigenvalue weighted by molar-refractivity contribution is 7.16. The molecular weight excluding hydrogens is 376 g/mol. The highest BCUT2D eigenvalue weighted by atomic mass is 32.1. The van der Waals surface area contributed by atoms with Crippen LogP contribution in [-0.2, 0) is 11.3 Å². The Hall–Kier alpha value is -3.06. The molecule has 144 valence electrons. The van der Waals surface area contributed by atoms with Gasteiger partial charge in [-0.25, -0.2) is 0 Å². The van der Waals surface area contributed by atoms with Gasteiger partial charge in [-0.1, -0.05) is 35.6 Å². The van der Waals surface area contributed by atoms with Gasteiger partial charge in [-0.3, -0.25) is 4.79 Å². The summed E-state index contributed by atoms with van der Waals surface area (Å²) in [5, 5.41) is 0. The standard InChI is InChI=1S/C21H20N2O4S/c1-3-9-23-16-12-17-18(26-11-10-25-17)13-19(16)28-21(23)22-20(24)14(2)27-15-7-5-4-6-8-15/h3-8,12-14H,1,9-11H2,2H3. The number of amides is 1. The number of rotatable bonds is 5. The second-order valence-corrected chi connectivity index (χ2v) is 7.28. The van der Waals surface area contributed by atoms with Crippen LogP contribution in [0.4, 0.5) is 0 Å². The van der Waals surface area contributed by atoms with Crippen molar-refractivity contribution in [2.24, 2.45) is 4.99 Å². The van der Waals surface area contributed by atoms with Gasteiger partial charge in [0.05, 0.1) is 10.2 Å². The minimum absolute atomic E-state index is 0.342. The summed E-state index contributed by atoms with van der Waals surface area (Å²) in [6.07, 6.45) is 1.08. The zero-order valence-electron chi connectivity index (χ0n) is 15.5. The van der Waals surface area contributed by atoms with Crippen molar-refractivity contribution >= 4 is 27.5 Å². The van der Waals surface area contributed by atoms with Crippen LogP contribution >= 0.6 is 11.3 Å². The van der Waals surface area contributed by atoms with Crippen LogP contribution in [0.25, 0.3) is 10.2 Å². The Kier molecular flexibility index (Phi) is 5.16. The molecule has 0 fully saturated rings. The number of carbonyl (C=O) groups is 1. The Bertz CT molecular complexity index is 1080. The Balaban J connectivity index is 1.70. The van der Waals surface area contributed by atoms with E-state index in [0.717, 1.165) is 10.2 Å². The Morgan fingerprint density at radius 2 is 2.00 bits per heavy atom. The van der Waals surface area contributed by atoms with Gasteiger partial charge >= 0.3 is 0 Å². The van der Waals surface area contributed by atoms with E-state index in [4.69, 9.17) is 14.2 Å². The SMILES string of the molecule is C=CCn1c(=NC(=O)C(C)Oc2ccccc2)sc2cc3c(cc21)OCCO3. The van der Waals surface area contributed by atoms with E-state index in [0.29, 0.717) is 41.8 Å². The summed E-state index contributed by atoms with van der Waals surface area (Å²) in [4.78, 5) is 17.5. The van der Waals surface area contributed by atoms with Crippen molar-refractivity contribution in [2.75, 3.05) is 13.2 Å². The number of para-hydroxylation sites is 1. The molecular formula is C21H20N2O4S. The van der Waals surface area contributed by atoms with Gasteiger partial charge in [0.15, 0.2) is 22.4 Å². The van der Waals surface area contributed by atoms with E-state index >= 15 is 0 Å². The third-order valence-electron chi connectivity index (χ3n) is 4.27. The summed E-state index contributed by atoms with van der Waals surface area (Å²) >= 11 is 1.43. The number of thiazole rings is 1. The van der Waals surface area contributed by atoms with Crippen molar-refractivity contribution in [3.63, 3.8) is 0 Å². The molecule has 0 radical (unpaired) electrons. The summed E-state index contributed by atoms with van der Waals surface area (Å²) in [6.45, 7) is 7.09. The molecule has 7 heteroatoms. The third kappa shape index (κ3) is 3.66. The second kappa shape index (κ2) is 7.90. The molecule has 28 heavy (non-hydrogen) atoms. The van der Waals surface area contributed by atoms with Crippen molar-refractivity contribution < 1.29 is 19.0 Å². The molecule has 0 aliphatic carbocycles. The molecule has 0 spiro atoms. The van der Waals surface area contributed by atoms with Gasteiger partial charge in [0, 0.05) is 18.7 Å². The van der Waals surface area contributed by atoms with E-state index in [1.54, 1.807) is 13.0 Å². The number of hydrogen-bond acceptors (Lipinski definition) is 5. The summed E-state index contributed by atoms with van der Waals surface area (Å²) < 4.78 is 19.9. The van der Waals surface area contributed by atoms with Crippen LogP contribution in [0.1, 0.15) is 6.92 Å². The van der Waals surface area contributed by atoms with Gasteiger partial charge < -0.3 is 18.8 Å². The van der Waals surface area contributed by atoms with Crippen LogP contribution in [0, 0.1) is 0 Å². The topological polar surface area (TPSA) is 62.1 Å². The number of carbonyl (C=O) groups excluding carboxylic acids is 1. The lowest BCUT2D eigenvalue weighted by atomic mass is 10.2. The minimum Gasteiger partial charge on any atom is -0.486 e. The summed E-state index contributed by atoms with van der Waals surface area (Å²) in [7, 11) is 0. The summed E-state index contributed by atoms with van der Waals surface area (Å²) in [5.41, 5.74) is 0.928. The van der Waals surface area contributed by atoms with Crippen LogP contribution in [0.3, 0.4) is 0 Å². The molecule has 1 unspecified atom stereocenters. The van der Waals surface area contributed by atoms with E-state index in [1.807, 2.05) is 47.0 Å². The minimum atomic E-state index is -0.690. The first-order valence-electron chi connectivity index (χ1n) is 9.00. The highest BCUT2D eigenvalue weighted by Gasteiger charge is 2.18. The predicted octanol–water partition coefficient (Wildman–Crippen LogP) is 3.55. The molecule has 3 aromatic rings. The molecule has 1 aromatic heterocycles. The molecule has 2 aromatic carbocycles. The zero-order chi connectivity index (χ0) is 19.5. The monoisotopic (exact) mass is 396 g/mol. The van der Waals surface area contributed by atoms with Crippen LogP contribution in [0.5, 0.6) is 17.2 Å². The molecule has 4 rings (SSSR count). The van der Waals surface area contributed by atoms with Gasteiger partial charge in [-0.15, -0.1) is 6.58 Å². The fourth-order valence-electron chi connectivity index (χ4n) is 2.94. The molecule has 1 amide bonds. The first-order chi connectivity index (χ1) is 13.7. The number of hydrogen-bond donors (Lipinski definition) is 0. The van der Waals surface area contributed by atoms with E-state index in [9.17, 15) is 4.79 Å². The van der Waals surface area contributed by atoms with Crippen molar-refractivity contribution in [3.8, 4) is 17.2 Å². The Morgan fingerprint density at radius 1 is 1.29 bits per heavy atom. The van der Waals surface area contributed by atoms with Gasteiger partial charge in [0.25, 0.3) is 5.91 Å². The maximum atomic E-state index is 12.6. The molecule has 1 aliphatic rings. The van der Waals surface area contributed by atoms with Gasteiger partial charge in [0.2, 0.25) is 0 Å². The first-order valence-corrected chi connectivity index (χ1v) is 9.81. The van der Waals surface area contributed by atoms with E-state index in [-0.39, 0.29) is 5.91 Å². The molecule has 1 atom stereocenters. The number of aromatic nitrogens is 1. The van der Waals surface area contributed by atoms with Crippen LogP contribution < -0.4 is 19.0 Å². The largest absolute Gasteiger partial charge is 0.486 e. The lowest BCUT2D eigenvalue weighted by molar-refractivity contribution is -0.124. The van der Waals surface area contributed by atoms with Crippen LogP contribution in [0.2, 0.25) is 0 Å². The van der Waals surface area contributed by atoms with Crippen molar-refractivity contribution in [2.45, 2.75) is 19.6 Å². The molecule has 0 bridgehead atoms. The lowest BCUT2D eigenvalue weighted by Crippen LogP contribution is -2.26. The van der Waals surface area contributed by atoms with E-state index < -0.39 is 6.10 Å². The zero-order valence-corrected chi connectivity index (χ0v) is 16.3. The lowest BCUT2D eigenvalue weighted by Gasteiger charge is -2.18. The van der Waals surface area contributed by atoms with Crippen LogP contribution in [0.15, 0.2) is 60.1 Å². The van der Waals surface area contributed by atoms with Gasteiger partial charge in [-0.2, -0.15) is 4.99 Å². The third-order valence-corrected chi connectivity index (χ3v) is 5.31. The van der Waals surface area contributed by atoms with Gasteiger partial charge in [-0.05, 0) is 19.1 Å². The van der Waals surface area contributed by atoms with Crippen molar-refractivity contribution in [3.05, 3.63) is 59.9 Å². The average Bonchev–Trinajstić information content (AvgIpc) is 3.03. The normalized spacial score (nSPS) is 14.7. The van der Waals surface area contributed by atoms with E-state index in [1.165, 1.54) is 11.3 Å². The van der Waals surface area contributed by atoms with Crippen molar-refractivity contribution in [1.82, 2.24) is 4.57 Å². The summed E-state index contributed by atoms with van der Waals surface area (Å²) in [5.74, 6) is 1.71. The number of allylic oxidation sites excluding steroid dienone is 1.